The van der Waals surface area contributed by atoms with Crippen LogP contribution >= 0.6 is 0 Å². The van der Waals surface area contributed by atoms with Gasteiger partial charge < -0.3 is 27.4 Å². The first-order valence-electron chi connectivity index (χ1n) is 19.2. The molecule has 0 heterocycles. The van der Waals surface area contributed by atoms with E-state index >= 15 is 0 Å². The smallest absolute Gasteiger partial charge is 0.106 e. The van der Waals surface area contributed by atoms with Gasteiger partial charge in [-0.2, -0.15) is 0 Å². The molecule has 10 atom stereocenters. The largest absolute Gasteiger partial charge is 0.412 e. The van der Waals surface area contributed by atoms with E-state index in [-0.39, 0.29) is 51.1 Å². The van der Waals surface area contributed by atoms with Crippen LogP contribution in [-0.2, 0) is 0 Å². The van der Waals surface area contributed by atoms with Crippen LogP contribution in [0.15, 0.2) is 0 Å². The third kappa shape index (κ3) is 24.4. The van der Waals surface area contributed by atoms with Gasteiger partial charge in [0.05, 0.1) is 0 Å². The number of alkyl halides is 6. The second kappa shape index (κ2) is 30.7. The predicted molar refractivity (Wildman–Crippen MR) is 204 cm³/mol. The molecule has 11 heteroatoms. The lowest BCUT2D eigenvalue weighted by atomic mass is 9.81. The maximum Gasteiger partial charge on any atom is 0.106 e. The molecule has 51 heavy (non-hydrogen) atoms. The molecule has 5 nitrogen and oxygen atoms in total. The Labute approximate surface area is 308 Å². The van der Waals surface area contributed by atoms with Gasteiger partial charge >= 0.3 is 0 Å². The average Bonchev–Trinajstić information content (AvgIpc) is 2.97. The van der Waals surface area contributed by atoms with Crippen LogP contribution in [0.5, 0.6) is 0 Å². The molecule has 0 amide bonds. The fourth-order valence-electron chi connectivity index (χ4n) is 7.39. The second-order valence-electron chi connectivity index (χ2n) is 17.1. The van der Waals surface area contributed by atoms with Gasteiger partial charge in [0.15, 0.2) is 0 Å². The summed E-state index contributed by atoms with van der Waals surface area (Å²) in [5.41, 5.74) is 0. The highest BCUT2D eigenvalue weighted by Crippen LogP contribution is 2.34. The highest BCUT2D eigenvalue weighted by molar-refractivity contribution is 4.83. The summed E-state index contributed by atoms with van der Waals surface area (Å²) in [5, 5.41) is 0. The van der Waals surface area contributed by atoms with E-state index in [1.165, 1.54) is 38.5 Å². The molecule has 0 bridgehead atoms. The molecule has 0 aromatic rings. The van der Waals surface area contributed by atoms with Gasteiger partial charge in [-0.1, -0.05) is 108 Å². The van der Waals surface area contributed by atoms with E-state index in [0.29, 0.717) is 49.4 Å². The topological polar surface area (TPSA) is 158 Å². The van der Waals surface area contributed by atoms with Gasteiger partial charge in [-0.15, -0.1) is 0 Å². The maximum absolute atomic E-state index is 12.8. The lowest BCUT2D eigenvalue weighted by Crippen LogP contribution is -2.32. The Hall–Kier alpha value is -0.620. The van der Waals surface area contributed by atoms with Gasteiger partial charge in [-0.25, -0.2) is 26.3 Å². The average molecular weight is 759 g/mol. The zero-order valence-electron chi connectivity index (χ0n) is 33.9. The van der Waals surface area contributed by atoms with Crippen LogP contribution in [0, 0.1) is 59.2 Å². The minimum absolute atomic E-state index is 0. The van der Waals surface area contributed by atoms with Crippen LogP contribution in [-0.4, -0.2) is 64.4 Å². The van der Waals surface area contributed by atoms with Crippen LogP contribution in [0.3, 0.4) is 0 Å². The quantitative estimate of drug-likeness (QED) is 0.216. The van der Waals surface area contributed by atoms with Gasteiger partial charge in [-0.05, 0) is 98.7 Å². The number of halogens is 6. The normalized spacial score (nSPS) is 41.4. The molecule has 5 aliphatic carbocycles. The highest BCUT2D eigenvalue weighted by Gasteiger charge is 2.34. The van der Waals surface area contributed by atoms with Gasteiger partial charge in [0, 0.05) is 11.8 Å². The van der Waals surface area contributed by atoms with Crippen LogP contribution in [0.1, 0.15) is 159 Å². The third-order valence-electron chi connectivity index (χ3n) is 11.8. The van der Waals surface area contributed by atoms with Crippen molar-refractivity contribution in [2.24, 2.45) is 59.2 Å². The van der Waals surface area contributed by atoms with Crippen LogP contribution < -0.4 is 0 Å². The van der Waals surface area contributed by atoms with E-state index in [1.807, 2.05) is 27.7 Å². The van der Waals surface area contributed by atoms with Crippen molar-refractivity contribution >= 4 is 0 Å². The Morgan fingerprint density at radius 2 is 0.451 bits per heavy atom. The lowest BCUT2D eigenvalue weighted by molar-refractivity contribution is 0.0600. The molecule has 0 aliphatic heterocycles. The van der Waals surface area contributed by atoms with Crippen LogP contribution in [0.2, 0.25) is 0 Å². The van der Waals surface area contributed by atoms with E-state index in [4.69, 9.17) is 0 Å². The molecule has 5 saturated carbocycles. The molecular weight excluding hydrogens is 674 g/mol. The van der Waals surface area contributed by atoms with Crippen LogP contribution in [0.25, 0.3) is 0 Å². The zero-order chi connectivity index (χ0) is 35.1. The van der Waals surface area contributed by atoms with E-state index in [9.17, 15) is 26.3 Å². The van der Waals surface area contributed by atoms with Crippen molar-refractivity contribution in [2.45, 2.75) is 196 Å². The van der Waals surface area contributed by atoms with Crippen molar-refractivity contribution in [3.05, 3.63) is 0 Å². The summed E-state index contributed by atoms with van der Waals surface area (Å²) in [5.74, 6) is 3.61. The van der Waals surface area contributed by atoms with Crippen molar-refractivity contribution in [1.82, 2.24) is 0 Å². The third-order valence-corrected chi connectivity index (χ3v) is 11.8. The molecule has 10 unspecified atom stereocenters. The molecule has 0 aromatic heterocycles. The van der Waals surface area contributed by atoms with E-state index in [2.05, 4.69) is 27.7 Å². The van der Waals surface area contributed by atoms with Gasteiger partial charge in [0.2, 0.25) is 0 Å². The maximum atomic E-state index is 12.8. The minimum atomic E-state index is -0.918. The van der Waals surface area contributed by atoms with Crippen molar-refractivity contribution in [3.63, 3.8) is 0 Å². The molecule has 316 valence electrons. The van der Waals surface area contributed by atoms with E-state index in [1.54, 1.807) is 13.8 Å². The molecular formula is C40H84F6O5. The van der Waals surface area contributed by atoms with E-state index < -0.39 is 37.0 Å². The predicted octanol–water partition coefficient (Wildman–Crippen LogP) is 9.73. The Bertz CT molecular complexity index is 694. The van der Waals surface area contributed by atoms with Gasteiger partial charge in [-0.3, -0.25) is 0 Å². The van der Waals surface area contributed by atoms with Crippen molar-refractivity contribution in [1.29, 1.82) is 0 Å². The number of rotatable bonds is 0. The summed E-state index contributed by atoms with van der Waals surface area (Å²) in [4.78, 5) is 0. The fraction of sp³-hybridized carbons (Fsp3) is 1.00. The molecule has 0 saturated heterocycles. The highest BCUT2D eigenvalue weighted by atomic mass is 19.2. The number of hydrogen-bond acceptors (Lipinski definition) is 0. The van der Waals surface area contributed by atoms with Gasteiger partial charge in [0.1, 0.15) is 37.0 Å². The van der Waals surface area contributed by atoms with Gasteiger partial charge in [0.25, 0.3) is 0 Å². The molecule has 0 spiro atoms. The first-order valence-corrected chi connectivity index (χ1v) is 19.2. The van der Waals surface area contributed by atoms with Crippen molar-refractivity contribution < 1.29 is 53.7 Å². The second-order valence-corrected chi connectivity index (χ2v) is 17.1. The standard InChI is InChI=1S/2C8H14F2.2C8H15F.C8H16.5H2O/c2*1-5-3-7(9)6(2)8(10)4-5;2*1-6-3-4-7(2)8(9)5-6;1-7-3-5-8(2)6-4-7;;;;;/h2*5-8H,3-4H2,1-2H3;2*6-8H,3-5H2,1-2H3;7-8H,3-6H2,1-2H3;5*1H2. The van der Waals surface area contributed by atoms with E-state index in [0.717, 1.165) is 37.5 Å². The molecule has 5 rings (SSSR count). The first-order chi connectivity index (χ1) is 21.4. The Morgan fingerprint density at radius 3 is 0.647 bits per heavy atom. The summed E-state index contributed by atoms with van der Waals surface area (Å²) in [6, 6.07) is 0. The molecule has 10 N–H and O–H groups in total. The van der Waals surface area contributed by atoms with Crippen molar-refractivity contribution in [2.75, 3.05) is 0 Å². The zero-order valence-corrected chi connectivity index (χ0v) is 33.9. The summed E-state index contributed by atoms with van der Waals surface area (Å²) < 4.78 is 77.0. The summed E-state index contributed by atoms with van der Waals surface area (Å²) in [7, 11) is 0. The monoisotopic (exact) mass is 759 g/mol. The molecule has 5 fully saturated rings. The fourth-order valence-corrected chi connectivity index (χ4v) is 7.39. The summed E-state index contributed by atoms with van der Waals surface area (Å²) in [6.07, 6.45) is 9.56. The SMILES string of the molecule is CC1CC(F)C(C)C(F)C1.CC1CC(F)C(C)C(F)C1.CC1CCC(C)C(F)C1.CC1CCC(C)C(F)C1.CC1CCC(C)CC1.O.O.O.O.O. The summed E-state index contributed by atoms with van der Waals surface area (Å²) in [6.45, 7) is 20.2. The number of hydrogen-bond donors (Lipinski definition) is 0. The Morgan fingerprint density at radius 1 is 0.255 bits per heavy atom. The minimum Gasteiger partial charge on any atom is -0.412 e. The first kappa shape index (κ1) is 59.7. The summed E-state index contributed by atoms with van der Waals surface area (Å²) >= 11 is 0. The Kier molecular flexibility index (Phi) is 35.9. The van der Waals surface area contributed by atoms with Crippen LogP contribution in [0.4, 0.5) is 26.3 Å². The molecule has 0 aromatic carbocycles. The van der Waals surface area contributed by atoms with Crippen molar-refractivity contribution in [3.8, 4) is 0 Å². The Balaban J connectivity index is -0.000000169. The molecule has 0 radical (unpaired) electrons. The lowest BCUT2D eigenvalue weighted by Gasteiger charge is -2.30. The molecule has 5 aliphatic rings.